The van der Waals surface area contributed by atoms with Crippen LogP contribution in [0.5, 0.6) is 0 Å². The molecule has 2 rings (SSSR count). The van der Waals surface area contributed by atoms with Gasteiger partial charge in [0.05, 0.1) is 0 Å². The average Bonchev–Trinajstić information content (AvgIpc) is 2.33. The van der Waals surface area contributed by atoms with E-state index >= 15 is 0 Å². The van der Waals surface area contributed by atoms with Crippen molar-refractivity contribution in [2.24, 2.45) is 0 Å². The molecular formula is C14H14Y-2. The van der Waals surface area contributed by atoms with Crippen molar-refractivity contribution in [1.82, 2.24) is 0 Å². The van der Waals surface area contributed by atoms with Gasteiger partial charge in [-0.1, -0.05) is 13.3 Å². The van der Waals surface area contributed by atoms with Gasteiger partial charge in [0.15, 0.2) is 0 Å². The molecule has 1 heteroatoms. The predicted molar refractivity (Wildman–Crippen MR) is 59.9 cm³/mol. The maximum absolute atomic E-state index is 2.97. The van der Waals surface area contributed by atoms with Crippen LogP contribution in [0.25, 0.3) is 0 Å². The van der Waals surface area contributed by atoms with Crippen molar-refractivity contribution in [3.63, 3.8) is 0 Å². The molecule has 0 nitrogen and oxygen atoms in total. The van der Waals surface area contributed by atoms with E-state index in [4.69, 9.17) is 0 Å². The Morgan fingerprint density at radius 3 is 1.67 bits per heavy atom. The Morgan fingerprint density at radius 1 is 0.867 bits per heavy atom. The second kappa shape index (κ2) is 10.1. The van der Waals surface area contributed by atoms with Gasteiger partial charge in [-0.2, -0.15) is 72.3 Å². The van der Waals surface area contributed by atoms with E-state index in [2.05, 4.69) is 31.2 Å². The standard InChI is InChI=1S/C8H9.C6H5.Y/c1-2-8-6-4-3-5-7-8;1-2-4-6-5-3-1;/h4-7H,2H2,1H3;1-5H;/q2*-1;. The molecule has 0 aromatic heterocycles. The van der Waals surface area contributed by atoms with Crippen molar-refractivity contribution in [2.45, 2.75) is 13.3 Å². The summed E-state index contributed by atoms with van der Waals surface area (Å²) in [5.74, 6) is 0. The summed E-state index contributed by atoms with van der Waals surface area (Å²) in [5.41, 5.74) is 1.38. The van der Waals surface area contributed by atoms with Crippen LogP contribution < -0.4 is 0 Å². The Morgan fingerprint density at radius 2 is 1.40 bits per heavy atom. The average molecular weight is 271 g/mol. The maximum Gasteiger partial charge on any atom is 0 e. The van der Waals surface area contributed by atoms with E-state index in [0.717, 1.165) is 6.42 Å². The molecule has 0 aliphatic carbocycles. The molecule has 0 bridgehead atoms. The van der Waals surface area contributed by atoms with E-state index in [-0.39, 0.29) is 32.7 Å². The SMILES string of the molecule is CCc1cc[c-]cc1.[Y].[c-]1ccccc1. The van der Waals surface area contributed by atoms with E-state index in [1.807, 2.05) is 42.5 Å². The first-order valence-corrected chi connectivity index (χ1v) is 4.79. The van der Waals surface area contributed by atoms with Gasteiger partial charge in [0.2, 0.25) is 0 Å². The fraction of sp³-hybridized carbons (Fsp3) is 0.143. The van der Waals surface area contributed by atoms with Crippen molar-refractivity contribution in [2.75, 3.05) is 0 Å². The molecule has 0 fully saturated rings. The van der Waals surface area contributed by atoms with Crippen LogP contribution in [0.4, 0.5) is 0 Å². The fourth-order valence-electron chi connectivity index (χ4n) is 0.999. The van der Waals surface area contributed by atoms with Crippen molar-refractivity contribution in [1.29, 1.82) is 0 Å². The summed E-state index contributed by atoms with van der Waals surface area (Å²) in [4.78, 5) is 0. The molecule has 0 heterocycles. The van der Waals surface area contributed by atoms with Crippen LogP contribution in [0.1, 0.15) is 12.5 Å². The number of benzene rings is 2. The van der Waals surface area contributed by atoms with E-state index in [0.29, 0.717) is 0 Å². The Balaban J connectivity index is 0.000000253. The summed E-state index contributed by atoms with van der Waals surface area (Å²) < 4.78 is 0. The van der Waals surface area contributed by atoms with Gasteiger partial charge >= 0.3 is 0 Å². The molecule has 0 spiro atoms. The molecule has 0 atom stereocenters. The smallest absolute Gasteiger partial charge is 0 e. The number of aryl methyl sites for hydroxylation is 1. The second-order valence-electron chi connectivity index (χ2n) is 2.84. The maximum atomic E-state index is 2.97. The molecule has 0 saturated heterocycles. The normalized spacial score (nSPS) is 8.07. The third-order valence-electron chi connectivity index (χ3n) is 1.80. The Hall–Kier alpha value is -0.456. The van der Waals surface area contributed by atoms with Gasteiger partial charge in [0.25, 0.3) is 0 Å². The zero-order valence-corrected chi connectivity index (χ0v) is 11.8. The topological polar surface area (TPSA) is 0 Å². The van der Waals surface area contributed by atoms with E-state index in [1.54, 1.807) is 0 Å². The van der Waals surface area contributed by atoms with Gasteiger partial charge in [-0.25, -0.2) is 0 Å². The third-order valence-corrected chi connectivity index (χ3v) is 1.80. The van der Waals surface area contributed by atoms with Crippen molar-refractivity contribution in [3.05, 3.63) is 72.3 Å². The molecule has 0 saturated carbocycles. The molecule has 75 valence electrons. The zero-order valence-electron chi connectivity index (χ0n) is 8.98. The van der Waals surface area contributed by atoms with Gasteiger partial charge < -0.3 is 0 Å². The molecule has 15 heavy (non-hydrogen) atoms. The first-order valence-electron chi connectivity index (χ1n) is 4.79. The van der Waals surface area contributed by atoms with Crippen LogP contribution in [0.15, 0.2) is 54.6 Å². The molecule has 2 aromatic rings. The first kappa shape index (κ1) is 14.5. The Kier molecular flexibility index (Phi) is 9.77. The third kappa shape index (κ3) is 7.47. The molecule has 1 radical (unpaired) electrons. The minimum absolute atomic E-state index is 0. The van der Waals surface area contributed by atoms with Gasteiger partial charge in [-0.15, -0.1) is 0 Å². The second-order valence-corrected chi connectivity index (χ2v) is 2.84. The molecule has 0 unspecified atom stereocenters. The summed E-state index contributed by atoms with van der Waals surface area (Å²) >= 11 is 0. The van der Waals surface area contributed by atoms with Crippen LogP contribution >= 0.6 is 0 Å². The summed E-state index contributed by atoms with van der Waals surface area (Å²) in [6.07, 6.45) is 1.12. The minimum atomic E-state index is 0. The quantitative estimate of drug-likeness (QED) is 0.696. The van der Waals surface area contributed by atoms with E-state index in [1.165, 1.54) is 5.56 Å². The summed E-state index contributed by atoms with van der Waals surface area (Å²) in [7, 11) is 0. The number of rotatable bonds is 1. The summed E-state index contributed by atoms with van der Waals surface area (Å²) in [6.45, 7) is 2.15. The molecule has 0 aliphatic rings. The van der Waals surface area contributed by atoms with Crippen molar-refractivity contribution < 1.29 is 32.7 Å². The predicted octanol–water partition coefficient (Wildman–Crippen LogP) is 3.53. The van der Waals surface area contributed by atoms with Crippen LogP contribution in [-0.4, -0.2) is 0 Å². The fourth-order valence-corrected chi connectivity index (χ4v) is 0.999. The van der Waals surface area contributed by atoms with Crippen LogP contribution in [-0.2, 0) is 39.1 Å². The summed E-state index contributed by atoms with van der Waals surface area (Å²) in [5, 5.41) is 0. The van der Waals surface area contributed by atoms with Gasteiger partial charge in [-0.3, -0.25) is 0 Å². The zero-order chi connectivity index (χ0) is 10.1. The molecule has 0 amide bonds. The molecule has 2 aromatic carbocycles. The van der Waals surface area contributed by atoms with Crippen molar-refractivity contribution in [3.8, 4) is 0 Å². The first-order chi connectivity index (χ1) is 6.93. The van der Waals surface area contributed by atoms with E-state index in [9.17, 15) is 0 Å². The van der Waals surface area contributed by atoms with Gasteiger partial charge in [0.1, 0.15) is 0 Å². The monoisotopic (exact) mass is 271 g/mol. The van der Waals surface area contributed by atoms with Gasteiger partial charge in [0, 0.05) is 32.7 Å². The van der Waals surface area contributed by atoms with E-state index < -0.39 is 0 Å². The minimum Gasteiger partial charge on any atom is -0.184 e. The number of hydrogen-bond donors (Lipinski definition) is 0. The Bertz CT molecular complexity index is 289. The molecular weight excluding hydrogens is 257 g/mol. The van der Waals surface area contributed by atoms with Crippen LogP contribution in [0.2, 0.25) is 0 Å². The molecule has 0 N–H and O–H groups in total. The largest absolute Gasteiger partial charge is 0.184 e. The number of hydrogen-bond acceptors (Lipinski definition) is 0. The summed E-state index contributed by atoms with van der Waals surface area (Å²) in [6, 6.07) is 23.5. The van der Waals surface area contributed by atoms with Crippen molar-refractivity contribution >= 4 is 0 Å². The molecule has 0 aliphatic heterocycles. The van der Waals surface area contributed by atoms with Crippen LogP contribution in [0, 0.1) is 12.1 Å². The van der Waals surface area contributed by atoms with Crippen LogP contribution in [0.3, 0.4) is 0 Å². The van der Waals surface area contributed by atoms with Gasteiger partial charge in [-0.05, 0) is 0 Å². The Labute approximate surface area is 118 Å².